The number of rotatable bonds is 4. The van der Waals surface area contributed by atoms with Crippen molar-refractivity contribution in [3.05, 3.63) is 41.2 Å². The summed E-state index contributed by atoms with van der Waals surface area (Å²) in [6, 6.07) is 3.62. The SMILES string of the molecule is CC(C)(C)OC(=O)NCC=Cc1ccc(C(=O)O)cc1F. The third kappa shape index (κ3) is 6.07. The lowest BCUT2D eigenvalue weighted by Crippen LogP contribution is -2.32. The van der Waals surface area contributed by atoms with Crippen LogP contribution >= 0.6 is 0 Å². The van der Waals surface area contributed by atoms with Crippen molar-refractivity contribution >= 4 is 18.1 Å². The molecule has 2 N–H and O–H groups in total. The molecule has 0 unspecified atom stereocenters. The Labute approximate surface area is 122 Å². The highest BCUT2D eigenvalue weighted by atomic mass is 19.1. The molecule has 0 aromatic heterocycles. The van der Waals surface area contributed by atoms with E-state index in [1.54, 1.807) is 26.8 Å². The predicted molar refractivity (Wildman–Crippen MR) is 76.6 cm³/mol. The lowest BCUT2D eigenvalue weighted by Gasteiger charge is -2.19. The van der Waals surface area contributed by atoms with Gasteiger partial charge in [0.2, 0.25) is 0 Å². The number of carboxylic acid groups (broad SMARTS) is 1. The first kappa shape index (κ1) is 16.7. The molecule has 0 radical (unpaired) electrons. The minimum absolute atomic E-state index is 0.114. The summed E-state index contributed by atoms with van der Waals surface area (Å²) in [6.45, 7) is 5.43. The third-order valence-electron chi connectivity index (χ3n) is 2.31. The minimum atomic E-state index is -1.18. The van der Waals surface area contributed by atoms with Crippen LogP contribution in [0.25, 0.3) is 6.08 Å². The van der Waals surface area contributed by atoms with Crippen LogP contribution in [0, 0.1) is 5.82 Å². The number of nitrogens with one attached hydrogen (secondary N) is 1. The van der Waals surface area contributed by atoms with Crippen molar-refractivity contribution in [3.63, 3.8) is 0 Å². The molecule has 6 heteroatoms. The smallest absolute Gasteiger partial charge is 0.407 e. The molecule has 0 fully saturated rings. The average Bonchev–Trinajstić information content (AvgIpc) is 2.33. The fraction of sp³-hybridized carbons (Fsp3) is 0.333. The van der Waals surface area contributed by atoms with Crippen molar-refractivity contribution < 1.29 is 23.8 Å². The molecule has 0 aliphatic carbocycles. The summed E-state index contributed by atoms with van der Waals surface area (Å²) < 4.78 is 18.6. The van der Waals surface area contributed by atoms with Gasteiger partial charge in [-0.05, 0) is 32.9 Å². The van der Waals surface area contributed by atoms with Gasteiger partial charge in [-0.1, -0.05) is 18.2 Å². The summed E-state index contributed by atoms with van der Waals surface area (Å²) in [4.78, 5) is 22.0. The van der Waals surface area contributed by atoms with Crippen LogP contribution in [0.3, 0.4) is 0 Å². The largest absolute Gasteiger partial charge is 0.478 e. The van der Waals surface area contributed by atoms with Crippen molar-refractivity contribution in [1.82, 2.24) is 5.32 Å². The second-order valence-corrected chi connectivity index (χ2v) is 5.33. The Kier molecular flexibility index (Phi) is 5.46. The van der Waals surface area contributed by atoms with E-state index in [-0.39, 0.29) is 17.7 Å². The normalized spacial score (nSPS) is 11.4. The second kappa shape index (κ2) is 6.88. The second-order valence-electron chi connectivity index (χ2n) is 5.33. The molecule has 0 atom stereocenters. The highest BCUT2D eigenvalue weighted by Crippen LogP contribution is 2.12. The van der Waals surface area contributed by atoms with Gasteiger partial charge in [-0.15, -0.1) is 0 Å². The Morgan fingerprint density at radius 1 is 1.38 bits per heavy atom. The molecular weight excluding hydrogens is 277 g/mol. The van der Waals surface area contributed by atoms with E-state index in [1.165, 1.54) is 18.2 Å². The van der Waals surface area contributed by atoms with Crippen LogP contribution in [0.4, 0.5) is 9.18 Å². The quantitative estimate of drug-likeness (QED) is 0.895. The first-order chi connectivity index (χ1) is 9.69. The maximum absolute atomic E-state index is 13.6. The molecule has 0 saturated carbocycles. The summed E-state index contributed by atoms with van der Waals surface area (Å²) >= 11 is 0. The molecule has 21 heavy (non-hydrogen) atoms. The van der Waals surface area contributed by atoms with E-state index < -0.39 is 23.5 Å². The highest BCUT2D eigenvalue weighted by molar-refractivity contribution is 5.87. The number of hydrogen-bond donors (Lipinski definition) is 2. The fourth-order valence-corrected chi connectivity index (χ4v) is 1.44. The van der Waals surface area contributed by atoms with Crippen LogP contribution in [-0.2, 0) is 4.74 Å². The molecule has 1 aromatic carbocycles. The molecule has 0 heterocycles. The van der Waals surface area contributed by atoms with Crippen LogP contribution in [0.1, 0.15) is 36.7 Å². The van der Waals surface area contributed by atoms with Gasteiger partial charge < -0.3 is 15.2 Å². The topological polar surface area (TPSA) is 75.6 Å². The van der Waals surface area contributed by atoms with Gasteiger partial charge in [0.25, 0.3) is 0 Å². The van der Waals surface area contributed by atoms with Crippen molar-refractivity contribution in [2.24, 2.45) is 0 Å². The predicted octanol–water partition coefficient (Wildman–Crippen LogP) is 3.06. The van der Waals surface area contributed by atoms with E-state index in [4.69, 9.17) is 9.84 Å². The molecule has 1 aromatic rings. The van der Waals surface area contributed by atoms with Gasteiger partial charge in [0, 0.05) is 12.1 Å². The lowest BCUT2D eigenvalue weighted by molar-refractivity contribution is 0.0533. The van der Waals surface area contributed by atoms with E-state index >= 15 is 0 Å². The fourth-order valence-electron chi connectivity index (χ4n) is 1.44. The zero-order valence-electron chi connectivity index (χ0n) is 12.1. The Morgan fingerprint density at radius 2 is 2.05 bits per heavy atom. The van der Waals surface area contributed by atoms with Crippen molar-refractivity contribution in [1.29, 1.82) is 0 Å². The molecule has 0 spiro atoms. The zero-order valence-corrected chi connectivity index (χ0v) is 12.1. The minimum Gasteiger partial charge on any atom is -0.478 e. The summed E-state index contributed by atoms with van der Waals surface area (Å²) in [5, 5.41) is 11.2. The van der Waals surface area contributed by atoms with Gasteiger partial charge in [-0.2, -0.15) is 0 Å². The molecule has 0 aliphatic rings. The molecule has 114 valence electrons. The number of carbonyl (C=O) groups excluding carboxylic acids is 1. The van der Waals surface area contributed by atoms with Crippen LogP contribution in [0.2, 0.25) is 0 Å². The monoisotopic (exact) mass is 295 g/mol. The van der Waals surface area contributed by atoms with E-state index in [1.807, 2.05) is 0 Å². The molecule has 1 rings (SSSR count). The standard InChI is InChI=1S/C15H18FNO4/c1-15(2,3)21-14(20)17-8-4-5-10-6-7-11(13(18)19)9-12(10)16/h4-7,9H,8H2,1-3H3,(H,17,20)(H,18,19). The Balaban J connectivity index is 2.54. The summed E-state index contributed by atoms with van der Waals surface area (Å²) in [5.41, 5.74) is -0.449. The molecular formula is C15H18FNO4. The number of carboxylic acids is 1. The van der Waals surface area contributed by atoms with Gasteiger partial charge in [-0.3, -0.25) is 0 Å². The van der Waals surface area contributed by atoms with E-state index in [2.05, 4.69) is 5.32 Å². The maximum atomic E-state index is 13.6. The number of ether oxygens (including phenoxy) is 1. The number of halogens is 1. The Hall–Kier alpha value is -2.37. The van der Waals surface area contributed by atoms with Crippen molar-refractivity contribution in [3.8, 4) is 0 Å². The number of aromatic carboxylic acids is 1. The van der Waals surface area contributed by atoms with Crippen LogP contribution in [0.5, 0.6) is 0 Å². The van der Waals surface area contributed by atoms with Crippen molar-refractivity contribution in [2.75, 3.05) is 6.54 Å². The number of benzene rings is 1. The number of amides is 1. The van der Waals surface area contributed by atoms with Gasteiger partial charge in [0.05, 0.1) is 5.56 Å². The molecule has 1 amide bonds. The van der Waals surface area contributed by atoms with E-state index in [0.29, 0.717) is 0 Å². The Bertz CT molecular complexity index is 561. The van der Waals surface area contributed by atoms with Gasteiger partial charge in [-0.25, -0.2) is 14.0 Å². The number of carbonyl (C=O) groups is 2. The number of alkyl carbamates (subject to hydrolysis) is 1. The average molecular weight is 295 g/mol. The van der Waals surface area contributed by atoms with Gasteiger partial charge >= 0.3 is 12.1 Å². The Morgan fingerprint density at radius 3 is 2.57 bits per heavy atom. The summed E-state index contributed by atoms with van der Waals surface area (Å²) in [6.07, 6.45) is 2.44. The van der Waals surface area contributed by atoms with Crippen molar-refractivity contribution in [2.45, 2.75) is 26.4 Å². The van der Waals surface area contributed by atoms with Crippen LogP contribution in [-0.4, -0.2) is 29.3 Å². The molecule has 0 saturated heterocycles. The maximum Gasteiger partial charge on any atom is 0.407 e. The summed E-state index contributed by atoms with van der Waals surface area (Å²) in [7, 11) is 0. The first-order valence-corrected chi connectivity index (χ1v) is 6.35. The lowest BCUT2D eigenvalue weighted by atomic mass is 10.1. The van der Waals surface area contributed by atoms with Gasteiger partial charge in [0.1, 0.15) is 11.4 Å². The zero-order chi connectivity index (χ0) is 16.0. The third-order valence-corrected chi connectivity index (χ3v) is 2.31. The summed E-state index contributed by atoms with van der Waals surface area (Å²) in [5.74, 6) is -1.82. The van der Waals surface area contributed by atoms with Crippen LogP contribution in [0.15, 0.2) is 24.3 Å². The van der Waals surface area contributed by atoms with E-state index in [9.17, 15) is 14.0 Å². The van der Waals surface area contributed by atoms with E-state index in [0.717, 1.165) is 6.07 Å². The van der Waals surface area contributed by atoms with Gasteiger partial charge in [0.15, 0.2) is 0 Å². The number of hydrogen-bond acceptors (Lipinski definition) is 3. The van der Waals surface area contributed by atoms with Crippen LogP contribution < -0.4 is 5.32 Å². The highest BCUT2D eigenvalue weighted by Gasteiger charge is 2.15. The molecule has 0 bridgehead atoms. The molecule has 0 aliphatic heterocycles. The molecule has 5 nitrogen and oxygen atoms in total. The first-order valence-electron chi connectivity index (χ1n) is 6.35.